The van der Waals surface area contributed by atoms with Crippen LogP contribution in [0.2, 0.25) is 0 Å². The molecule has 0 fully saturated rings. The third kappa shape index (κ3) is 5.17. The van der Waals surface area contributed by atoms with E-state index in [0.29, 0.717) is 35.2 Å². The van der Waals surface area contributed by atoms with Crippen molar-refractivity contribution in [3.63, 3.8) is 0 Å². The van der Waals surface area contributed by atoms with Crippen molar-refractivity contribution >= 4 is 28.3 Å². The molecular formula is C25H27N3O4S. The summed E-state index contributed by atoms with van der Waals surface area (Å²) in [5.41, 5.74) is 3.51. The van der Waals surface area contributed by atoms with Gasteiger partial charge in [0.05, 0.1) is 25.8 Å². The number of ether oxygens (including phenoxy) is 2. The molecule has 33 heavy (non-hydrogen) atoms. The average Bonchev–Trinajstić information content (AvgIpc) is 3.39. The first-order valence-corrected chi connectivity index (χ1v) is 11.7. The van der Waals surface area contributed by atoms with Crippen LogP contribution in [0, 0.1) is 6.92 Å². The maximum Gasteiger partial charge on any atom is 0.257 e. The van der Waals surface area contributed by atoms with E-state index in [2.05, 4.69) is 15.6 Å². The molecule has 2 amide bonds. The van der Waals surface area contributed by atoms with Gasteiger partial charge in [0, 0.05) is 17.0 Å². The Morgan fingerprint density at radius 1 is 1.09 bits per heavy atom. The molecule has 1 heterocycles. The van der Waals surface area contributed by atoms with Crippen LogP contribution in [0.25, 0.3) is 0 Å². The number of nitrogens with one attached hydrogen (secondary N) is 2. The molecule has 0 bridgehead atoms. The molecule has 0 saturated heterocycles. The number of nitrogens with zero attached hydrogens (tertiary/aromatic N) is 1. The highest BCUT2D eigenvalue weighted by Gasteiger charge is 2.32. The second-order valence-electron chi connectivity index (χ2n) is 7.97. The zero-order valence-corrected chi connectivity index (χ0v) is 19.8. The van der Waals surface area contributed by atoms with Crippen molar-refractivity contribution in [2.24, 2.45) is 0 Å². The van der Waals surface area contributed by atoms with Crippen LogP contribution >= 0.6 is 11.3 Å². The Morgan fingerprint density at radius 3 is 2.58 bits per heavy atom. The van der Waals surface area contributed by atoms with Gasteiger partial charge in [-0.05, 0) is 56.0 Å². The Balaban J connectivity index is 1.34. The number of carbonyl (C=O) groups is 2. The fourth-order valence-corrected chi connectivity index (χ4v) is 4.93. The number of fused-ring (bicyclic) bond motifs is 1. The number of benzene rings is 2. The third-order valence-electron chi connectivity index (χ3n) is 5.73. The van der Waals surface area contributed by atoms with E-state index in [1.807, 2.05) is 37.3 Å². The average molecular weight is 466 g/mol. The highest BCUT2D eigenvalue weighted by molar-refractivity contribution is 7.16. The van der Waals surface area contributed by atoms with E-state index in [1.165, 1.54) is 11.3 Å². The molecule has 1 aromatic heterocycles. The van der Waals surface area contributed by atoms with Gasteiger partial charge in [-0.1, -0.05) is 23.8 Å². The van der Waals surface area contributed by atoms with Crippen LogP contribution in [0.3, 0.4) is 0 Å². The lowest BCUT2D eigenvalue weighted by molar-refractivity contribution is -0.122. The quantitative estimate of drug-likeness (QED) is 0.523. The van der Waals surface area contributed by atoms with Gasteiger partial charge in [0.2, 0.25) is 5.91 Å². The van der Waals surface area contributed by atoms with E-state index in [0.717, 1.165) is 34.5 Å². The van der Waals surface area contributed by atoms with Crippen molar-refractivity contribution in [3.05, 3.63) is 69.7 Å². The topological polar surface area (TPSA) is 89.6 Å². The lowest BCUT2D eigenvalue weighted by Crippen LogP contribution is -2.30. The number of rotatable bonds is 8. The summed E-state index contributed by atoms with van der Waals surface area (Å²) in [6, 6.07) is 13.1. The summed E-state index contributed by atoms with van der Waals surface area (Å²) >= 11 is 1.45. The molecule has 1 aliphatic rings. The first kappa shape index (κ1) is 22.8. The van der Waals surface area contributed by atoms with Gasteiger partial charge in [0.25, 0.3) is 5.91 Å². The molecule has 0 aliphatic heterocycles. The van der Waals surface area contributed by atoms with Crippen LogP contribution < -0.4 is 20.1 Å². The van der Waals surface area contributed by atoms with Crippen LogP contribution in [-0.2, 0) is 17.6 Å². The third-order valence-corrected chi connectivity index (χ3v) is 6.78. The summed E-state index contributed by atoms with van der Waals surface area (Å²) in [7, 11) is 3.21. The van der Waals surface area contributed by atoms with Crippen molar-refractivity contribution in [2.45, 2.75) is 32.1 Å². The van der Waals surface area contributed by atoms with E-state index in [1.54, 1.807) is 26.4 Å². The molecule has 0 spiro atoms. The van der Waals surface area contributed by atoms with Crippen LogP contribution in [-0.4, -0.2) is 37.6 Å². The number of anilines is 1. The fraction of sp³-hybridized carbons (Fsp3) is 0.320. The Bertz CT molecular complexity index is 1160. The highest BCUT2D eigenvalue weighted by atomic mass is 32.1. The predicted molar refractivity (Wildman–Crippen MR) is 129 cm³/mol. The molecule has 4 rings (SSSR count). The predicted octanol–water partition coefficient (Wildman–Crippen LogP) is 4.11. The number of aromatic nitrogens is 1. The van der Waals surface area contributed by atoms with Gasteiger partial charge in [0.15, 0.2) is 16.6 Å². The van der Waals surface area contributed by atoms with Crippen molar-refractivity contribution < 1.29 is 19.1 Å². The van der Waals surface area contributed by atoms with Gasteiger partial charge in [-0.25, -0.2) is 4.98 Å². The van der Waals surface area contributed by atoms with Crippen LogP contribution in [0.4, 0.5) is 5.13 Å². The van der Waals surface area contributed by atoms with Gasteiger partial charge < -0.3 is 14.8 Å². The molecule has 0 radical (unpaired) electrons. The SMILES string of the molecule is COc1ccc(CCNC(=O)C2CCc3sc(NC(=O)c4ccc(C)cc4)nc32)cc1OC. The molecule has 1 aliphatic carbocycles. The van der Waals surface area contributed by atoms with Crippen molar-refractivity contribution in [1.82, 2.24) is 10.3 Å². The Kier molecular flexibility index (Phi) is 6.93. The molecule has 0 saturated carbocycles. The van der Waals surface area contributed by atoms with Gasteiger partial charge >= 0.3 is 0 Å². The van der Waals surface area contributed by atoms with Crippen LogP contribution in [0.15, 0.2) is 42.5 Å². The summed E-state index contributed by atoms with van der Waals surface area (Å²) < 4.78 is 10.6. The summed E-state index contributed by atoms with van der Waals surface area (Å²) in [5.74, 6) is 0.836. The minimum atomic E-state index is -0.285. The smallest absolute Gasteiger partial charge is 0.257 e. The Hall–Kier alpha value is -3.39. The summed E-state index contributed by atoms with van der Waals surface area (Å²) in [6.07, 6.45) is 2.21. The number of amides is 2. The van der Waals surface area contributed by atoms with Crippen molar-refractivity contribution in [1.29, 1.82) is 0 Å². The molecular weight excluding hydrogens is 438 g/mol. The molecule has 172 valence electrons. The second kappa shape index (κ2) is 10.0. The second-order valence-corrected chi connectivity index (χ2v) is 9.05. The van der Waals surface area contributed by atoms with Crippen LogP contribution in [0.5, 0.6) is 11.5 Å². The standard InChI is InChI=1S/C25H27N3O4S/c1-15-4-7-17(8-5-15)23(29)28-25-27-22-18(9-11-21(22)33-25)24(30)26-13-12-16-6-10-19(31-2)20(14-16)32-3/h4-8,10,14,18H,9,11-13H2,1-3H3,(H,26,30)(H,27,28,29). The number of hydrogen-bond donors (Lipinski definition) is 2. The number of methoxy groups -OCH3 is 2. The van der Waals surface area contributed by atoms with Crippen molar-refractivity contribution in [2.75, 3.05) is 26.1 Å². The first-order chi connectivity index (χ1) is 16.0. The summed E-state index contributed by atoms with van der Waals surface area (Å²) in [4.78, 5) is 31.0. The molecule has 8 heteroatoms. The maximum atomic E-state index is 12.8. The molecule has 2 N–H and O–H groups in total. The zero-order chi connectivity index (χ0) is 23.4. The lowest BCUT2D eigenvalue weighted by atomic mass is 10.1. The van der Waals surface area contributed by atoms with Crippen molar-refractivity contribution in [3.8, 4) is 11.5 Å². The lowest BCUT2D eigenvalue weighted by Gasteiger charge is -2.12. The fourth-order valence-electron chi connectivity index (χ4n) is 3.90. The van der Waals surface area contributed by atoms with Gasteiger partial charge in [0.1, 0.15) is 0 Å². The van der Waals surface area contributed by atoms with E-state index < -0.39 is 0 Å². The number of aryl methyl sites for hydroxylation is 2. The summed E-state index contributed by atoms with van der Waals surface area (Å²) in [5, 5.41) is 6.43. The first-order valence-electron chi connectivity index (χ1n) is 10.8. The van der Waals surface area contributed by atoms with Gasteiger partial charge in [-0.15, -0.1) is 11.3 Å². The van der Waals surface area contributed by atoms with Gasteiger partial charge in [-0.3, -0.25) is 14.9 Å². The minimum Gasteiger partial charge on any atom is -0.493 e. The van der Waals surface area contributed by atoms with Crippen LogP contribution in [0.1, 0.15) is 44.4 Å². The Labute approximate surface area is 197 Å². The molecule has 7 nitrogen and oxygen atoms in total. The highest BCUT2D eigenvalue weighted by Crippen LogP contribution is 2.38. The normalized spacial score (nSPS) is 14.5. The van der Waals surface area contributed by atoms with E-state index in [9.17, 15) is 9.59 Å². The number of hydrogen-bond acceptors (Lipinski definition) is 6. The number of carbonyl (C=O) groups excluding carboxylic acids is 2. The molecule has 1 unspecified atom stereocenters. The summed E-state index contributed by atoms with van der Waals surface area (Å²) in [6.45, 7) is 2.49. The van der Waals surface area contributed by atoms with E-state index in [4.69, 9.17) is 9.47 Å². The minimum absolute atomic E-state index is 0.0315. The largest absolute Gasteiger partial charge is 0.493 e. The van der Waals surface area contributed by atoms with Gasteiger partial charge in [-0.2, -0.15) is 0 Å². The maximum absolute atomic E-state index is 12.8. The Morgan fingerprint density at radius 2 is 1.85 bits per heavy atom. The van der Waals surface area contributed by atoms with E-state index in [-0.39, 0.29) is 17.7 Å². The monoisotopic (exact) mass is 465 g/mol. The van der Waals surface area contributed by atoms with E-state index >= 15 is 0 Å². The molecule has 2 aromatic carbocycles. The molecule has 3 aromatic rings. The molecule has 1 atom stereocenters. The number of thiazole rings is 1. The zero-order valence-electron chi connectivity index (χ0n) is 18.9.